The number of phenolic OH excluding ortho intramolecular Hbond substituents is 1. The van der Waals surface area contributed by atoms with E-state index in [0.717, 1.165) is 11.1 Å². The molecule has 3 aromatic rings. The van der Waals surface area contributed by atoms with E-state index in [0.29, 0.717) is 11.6 Å². The summed E-state index contributed by atoms with van der Waals surface area (Å²) in [7, 11) is 0. The molecule has 3 amide bonds. The molecule has 0 fully saturated rings. The van der Waals surface area contributed by atoms with Gasteiger partial charge in [-0.3, -0.25) is 10.2 Å². The lowest BCUT2D eigenvalue weighted by Crippen LogP contribution is -2.57. The number of alkyl carbamates (subject to hydrolysis) is 1. The second-order valence-electron chi connectivity index (χ2n) is 13.3. The van der Waals surface area contributed by atoms with E-state index in [1.54, 1.807) is 46.8 Å². The van der Waals surface area contributed by atoms with Crippen LogP contribution < -0.4 is 16.1 Å². The van der Waals surface area contributed by atoms with Gasteiger partial charge in [0, 0.05) is 19.0 Å². The third-order valence-corrected chi connectivity index (χ3v) is 7.09. The number of hydrogen-bond donors (Lipinski definition) is 5. The van der Waals surface area contributed by atoms with Gasteiger partial charge in [-0.2, -0.15) is 0 Å². The third kappa shape index (κ3) is 12.9. The number of nitrogens with one attached hydrogen (secondary N) is 3. The summed E-state index contributed by atoms with van der Waals surface area (Å²) in [5, 5.41) is 28.4. The minimum Gasteiger partial charge on any atom is -0.508 e. The Morgan fingerprint density at radius 1 is 0.938 bits per heavy atom. The summed E-state index contributed by atoms with van der Waals surface area (Å²) in [4.78, 5) is 43.4. The fourth-order valence-electron chi connectivity index (χ4n) is 4.68. The Bertz CT molecular complexity index is 1450. The standard InChI is InChI=1S/C35H49N5O8/c1-22(2)30(38-33(44)47-21-26-20-46-32(36-26)23(3)4)31(43)37-28(17-24-11-9-8-10-12-24)29(42)19-40(39-34(45)48-35(5,6)7)18-25-13-15-27(41)16-14-25/h8-16,20,22-23,28-30,41-42H,17-19,21H2,1-7H3,(H,37,43)(H,38,44)(H,39,45)/t28-,29-,30-/m0/s1. The fraction of sp³-hybridized carbons (Fsp3) is 0.486. The highest BCUT2D eigenvalue weighted by Gasteiger charge is 2.31. The lowest BCUT2D eigenvalue weighted by Gasteiger charge is -2.32. The quantitative estimate of drug-likeness (QED) is 0.142. The number of ether oxygens (including phenoxy) is 2. The smallest absolute Gasteiger partial charge is 0.422 e. The number of aromatic hydroxyl groups is 1. The number of benzene rings is 2. The highest BCUT2D eigenvalue weighted by atomic mass is 16.6. The molecule has 5 N–H and O–H groups in total. The number of rotatable bonds is 15. The topological polar surface area (TPSA) is 175 Å². The lowest BCUT2D eigenvalue weighted by atomic mass is 9.98. The number of nitrogens with zero attached hydrogens (tertiary/aromatic N) is 2. The van der Waals surface area contributed by atoms with E-state index in [1.807, 2.05) is 44.2 Å². The number of hydrazine groups is 1. The van der Waals surface area contributed by atoms with Crippen LogP contribution in [0.2, 0.25) is 0 Å². The van der Waals surface area contributed by atoms with Crippen LogP contribution in [0, 0.1) is 5.92 Å². The molecule has 2 aromatic carbocycles. The van der Waals surface area contributed by atoms with Crippen molar-refractivity contribution in [2.24, 2.45) is 5.92 Å². The van der Waals surface area contributed by atoms with Gasteiger partial charge in [0.25, 0.3) is 0 Å². The molecule has 0 unspecified atom stereocenters. The molecule has 262 valence electrons. The van der Waals surface area contributed by atoms with Gasteiger partial charge in [0.2, 0.25) is 5.91 Å². The molecule has 0 aliphatic rings. The van der Waals surface area contributed by atoms with Crippen LogP contribution in [0.3, 0.4) is 0 Å². The van der Waals surface area contributed by atoms with Crippen molar-refractivity contribution in [2.45, 2.75) is 97.7 Å². The Morgan fingerprint density at radius 2 is 1.60 bits per heavy atom. The Labute approximate surface area is 282 Å². The summed E-state index contributed by atoms with van der Waals surface area (Å²) in [5.74, 6) is -0.151. The van der Waals surface area contributed by atoms with Crippen LogP contribution in [0.4, 0.5) is 9.59 Å². The maximum atomic E-state index is 13.7. The minimum atomic E-state index is -1.19. The van der Waals surface area contributed by atoms with E-state index in [9.17, 15) is 24.6 Å². The second-order valence-corrected chi connectivity index (χ2v) is 13.3. The van der Waals surface area contributed by atoms with Crippen LogP contribution in [0.25, 0.3) is 0 Å². The number of aromatic nitrogens is 1. The van der Waals surface area contributed by atoms with Crippen molar-refractivity contribution >= 4 is 18.1 Å². The first-order valence-electron chi connectivity index (χ1n) is 16.0. The molecule has 13 heteroatoms. The molecule has 3 rings (SSSR count). The molecule has 0 saturated heterocycles. The number of carbonyl (C=O) groups excluding carboxylic acids is 3. The van der Waals surface area contributed by atoms with Gasteiger partial charge in [-0.15, -0.1) is 0 Å². The van der Waals surface area contributed by atoms with Crippen molar-refractivity contribution in [3.05, 3.63) is 83.6 Å². The van der Waals surface area contributed by atoms with Gasteiger partial charge in [0.15, 0.2) is 5.89 Å². The van der Waals surface area contributed by atoms with E-state index < -0.39 is 41.9 Å². The van der Waals surface area contributed by atoms with Gasteiger partial charge in [-0.25, -0.2) is 19.6 Å². The maximum Gasteiger partial charge on any atom is 0.422 e. The normalized spacial score (nSPS) is 13.6. The summed E-state index contributed by atoms with van der Waals surface area (Å²) >= 11 is 0. The molecule has 13 nitrogen and oxygen atoms in total. The van der Waals surface area contributed by atoms with E-state index in [2.05, 4.69) is 21.0 Å². The van der Waals surface area contributed by atoms with Gasteiger partial charge in [0.1, 0.15) is 36.0 Å². The van der Waals surface area contributed by atoms with Crippen molar-refractivity contribution < 1.29 is 38.5 Å². The second kappa shape index (κ2) is 17.5. The predicted molar refractivity (Wildman–Crippen MR) is 179 cm³/mol. The van der Waals surface area contributed by atoms with Gasteiger partial charge in [0.05, 0.1) is 12.1 Å². The van der Waals surface area contributed by atoms with Crippen molar-refractivity contribution in [3.63, 3.8) is 0 Å². The first-order valence-corrected chi connectivity index (χ1v) is 16.0. The number of aliphatic hydroxyl groups excluding tert-OH is 1. The summed E-state index contributed by atoms with van der Waals surface area (Å²) in [5.41, 5.74) is 3.98. The largest absolute Gasteiger partial charge is 0.508 e. The lowest BCUT2D eigenvalue weighted by molar-refractivity contribution is -0.125. The van der Waals surface area contributed by atoms with Crippen LogP contribution in [-0.4, -0.2) is 68.6 Å². The third-order valence-electron chi connectivity index (χ3n) is 7.09. The van der Waals surface area contributed by atoms with Crippen LogP contribution in [0.5, 0.6) is 5.75 Å². The Kier molecular flexibility index (Phi) is 13.8. The van der Waals surface area contributed by atoms with Crippen molar-refractivity contribution in [2.75, 3.05) is 6.54 Å². The van der Waals surface area contributed by atoms with Crippen molar-refractivity contribution in [1.29, 1.82) is 0 Å². The molecule has 0 aliphatic carbocycles. The minimum absolute atomic E-state index is 0.0776. The molecule has 0 radical (unpaired) electrons. The zero-order chi connectivity index (χ0) is 35.4. The Balaban J connectivity index is 1.76. The van der Waals surface area contributed by atoms with Crippen molar-refractivity contribution in [3.8, 4) is 5.75 Å². The number of amides is 3. The highest BCUT2D eigenvalue weighted by molar-refractivity contribution is 5.86. The molecular weight excluding hydrogens is 618 g/mol. The number of hydrogen-bond acceptors (Lipinski definition) is 10. The molecule has 48 heavy (non-hydrogen) atoms. The predicted octanol–water partition coefficient (Wildman–Crippen LogP) is 4.78. The van der Waals surface area contributed by atoms with Gasteiger partial charge in [-0.1, -0.05) is 70.2 Å². The molecule has 3 atom stereocenters. The average molecular weight is 668 g/mol. The number of phenols is 1. The van der Waals surface area contributed by atoms with Crippen molar-refractivity contribution in [1.82, 2.24) is 26.1 Å². The molecule has 0 spiro atoms. The summed E-state index contributed by atoms with van der Waals surface area (Å²) < 4.78 is 16.1. The van der Waals surface area contributed by atoms with Crippen LogP contribution in [-0.2, 0) is 33.8 Å². The zero-order valence-electron chi connectivity index (χ0n) is 28.7. The number of aliphatic hydroxyl groups is 1. The zero-order valence-corrected chi connectivity index (χ0v) is 28.7. The SMILES string of the molecule is CC(C)c1nc(COC(=O)N[C@H](C(=O)N[C@@H](Cc2ccccc2)[C@@H](O)CN(Cc2ccc(O)cc2)NC(=O)OC(C)(C)C)C(C)C)co1. The first kappa shape index (κ1) is 37.8. The first-order chi connectivity index (χ1) is 22.6. The number of oxazole rings is 1. The van der Waals surface area contributed by atoms with Gasteiger partial charge in [-0.05, 0) is 56.4 Å². The summed E-state index contributed by atoms with van der Waals surface area (Å²) in [6, 6.07) is 14.0. The monoisotopic (exact) mass is 667 g/mol. The average Bonchev–Trinajstić information content (AvgIpc) is 3.48. The van der Waals surface area contributed by atoms with E-state index >= 15 is 0 Å². The van der Waals surface area contributed by atoms with Gasteiger partial charge >= 0.3 is 12.2 Å². The van der Waals surface area contributed by atoms with Gasteiger partial charge < -0.3 is 34.7 Å². The summed E-state index contributed by atoms with van der Waals surface area (Å²) in [6.45, 7) is 12.6. The molecule has 1 aromatic heterocycles. The maximum absolute atomic E-state index is 13.7. The van der Waals surface area contributed by atoms with Crippen LogP contribution in [0.15, 0.2) is 65.3 Å². The number of carbonyl (C=O) groups is 3. The summed E-state index contributed by atoms with van der Waals surface area (Å²) in [6.07, 6.45) is -1.03. The molecular formula is C35H49N5O8. The Hall–Kier alpha value is -4.62. The van der Waals surface area contributed by atoms with E-state index in [1.165, 1.54) is 23.4 Å². The molecule has 0 aliphatic heterocycles. The van der Waals surface area contributed by atoms with Crippen LogP contribution in [0.1, 0.15) is 77.1 Å². The van der Waals surface area contributed by atoms with E-state index in [4.69, 9.17) is 13.9 Å². The highest BCUT2D eigenvalue weighted by Crippen LogP contribution is 2.16. The fourth-order valence-corrected chi connectivity index (χ4v) is 4.68. The molecule has 1 heterocycles. The molecule has 0 saturated carbocycles. The Morgan fingerprint density at radius 3 is 2.19 bits per heavy atom. The molecule has 0 bridgehead atoms. The van der Waals surface area contributed by atoms with E-state index in [-0.39, 0.29) is 43.7 Å². The van der Waals surface area contributed by atoms with Crippen LogP contribution >= 0.6 is 0 Å².